The van der Waals surface area contributed by atoms with Gasteiger partial charge in [0.05, 0.1) is 20.1 Å². The SMILES string of the molecule is COc1ccc([C@@H]2C(C#N)=C(N)Oc3c2cc(Cl)c2ccccc32)cc1OC. The molecule has 1 heterocycles. The molecule has 3 aromatic carbocycles. The largest absolute Gasteiger partial charge is 0.493 e. The molecule has 0 radical (unpaired) electrons. The Bertz CT molecular complexity index is 1160. The van der Waals surface area contributed by atoms with Crippen molar-refractivity contribution in [2.75, 3.05) is 14.2 Å². The number of hydrogen-bond acceptors (Lipinski definition) is 5. The first-order chi connectivity index (χ1) is 13.6. The number of hydrogen-bond donors (Lipinski definition) is 1. The summed E-state index contributed by atoms with van der Waals surface area (Å²) in [6, 6.07) is 17.2. The predicted molar refractivity (Wildman–Crippen MR) is 108 cm³/mol. The van der Waals surface area contributed by atoms with Gasteiger partial charge in [0, 0.05) is 21.4 Å². The maximum Gasteiger partial charge on any atom is 0.205 e. The highest BCUT2D eigenvalue weighted by Gasteiger charge is 2.33. The van der Waals surface area contributed by atoms with Crippen molar-refractivity contribution < 1.29 is 14.2 Å². The molecule has 1 aliphatic rings. The number of fused-ring (bicyclic) bond motifs is 3. The van der Waals surface area contributed by atoms with Crippen LogP contribution in [0.3, 0.4) is 0 Å². The van der Waals surface area contributed by atoms with Crippen LogP contribution in [0.15, 0.2) is 60.0 Å². The quantitative estimate of drug-likeness (QED) is 0.697. The first kappa shape index (κ1) is 18.0. The van der Waals surface area contributed by atoms with Gasteiger partial charge in [-0.1, -0.05) is 41.9 Å². The van der Waals surface area contributed by atoms with Crippen molar-refractivity contribution in [3.8, 4) is 23.3 Å². The Hall–Kier alpha value is -3.36. The second-order valence-corrected chi connectivity index (χ2v) is 6.77. The summed E-state index contributed by atoms with van der Waals surface area (Å²) < 4.78 is 16.6. The zero-order valence-corrected chi connectivity index (χ0v) is 16.1. The first-order valence-electron chi connectivity index (χ1n) is 8.59. The standard InChI is InChI=1S/C22H17ClN2O3/c1-26-18-8-7-12(9-19(18)27-2)20-15-10-17(23)13-5-3-4-6-14(13)21(15)28-22(25)16(20)11-24/h3-10,20H,25H2,1-2H3/t20-/m0/s1. The minimum Gasteiger partial charge on any atom is -0.493 e. The van der Waals surface area contributed by atoms with Crippen LogP contribution in [-0.2, 0) is 0 Å². The van der Waals surface area contributed by atoms with Gasteiger partial charge in [-0.2, -0.15) is 5.26 Å². The van der Waals surface area contributed by atoms with Crippen LogP contribution in [0, 0.1) is 11.3 Å². The lowest BCUT2D eigenvalue weighted by atomic mass is 9.82. The van der Waals surface area contributed by atoms with Crippen LogP contribution in [0.4, 0.5) is 0 Å². The maximum atomic E-state index is 9.77. The third-order valence-electron chi connectivity index (χ3n) is 4.91. The first-order valence-corrected chi connectivity index (χ1v) is 8.97. The molecule has 1 aliphatic heterocycles. The fourth-order valence-electron chi connectivity index (χ4n) is 3.61. The summed E-state index contributed by atoms with van der Waals surface area (Å²) in [4.78, 5) is 0. The van der Waals surface area contributed by atoms with E-state index in [1.165, 1.54) is 0 Å². The molecule has 2 N–H and O–H groups in total. The van der Waals surface area contributed by atoms with Gasteiger partial charge in [-0.15, -0.1) is 0 Å². The van der Waals surface area contributed by atoms with E-state index in [2.05, 4.69) is 6.07 Å². The monoisotopic (exact) mass is 392 g/mol. The lowest BCUT2D eigenvalue weighted by Crippen LogP contribution is -2.21. The lowest BCUT2D eigenvalue weighted by Gasteiger charge is -2.28. The second kappa shape index (κ2) is 6.99. The average Bonchev–Trinajstić information content (AvgIpc) is 2.73. The molecule has 6 heteroatoms. The zero-order chi connectivity index (χ0) is 19.8. The third kappa shape index (κ3) is 2.70. The lowest BCUT2D eigenvalue weighted by molar-refractivity contribution is 0.354. The molecule has 0 fully saturated rings. The number of ether oxygens (including phenoxy) is 3. The smallest absolute Gasteiger partial charge is 0.205 e. The van der Waals surface area contributed by atoms with E-state index >= 15 is 0 Å². The Kier molecular flexibility index (Phi) is 4.50. The highest BCUT2D eigenvalue weighted by molar-refractivity contribution is 6.36. The predicted octanol–water partition coefficient (Wildman–Crippen LogP) is 4.73. The summed E-state index contributed by atoms with van der Waals surface area (Å²) >= 11 is 6.55. The maximum absolute atomic E-state index is 9.77. The number of methoxy groups -OCH3 is 2. The van der Waals surface area contributed by atoms with Crippen molar-refractivity contribution in [2.24, 2.45) is 5.73 Å². The molecule has 0 unspecified atom stereocenters. The number of rotatable bonds is 3. The fourth-order valence-corrected chi connectivity index (χ4v) is 3.90. The van der Waals surface area contributed by atoms with Gasteiger partial charge in [0.15, 0.2) is 11.5 Å². The van der Waals surface area contributed by atoms with E-state index in [1.54, 1.807) is 20.3 Å². The average molecular weight is 393 g/mol. The Morgan fingerprint density at radius 1 is 1.04 bits per heavy atom. The molecule has 0 aromatic heterocycles. The molecule has 1 atom stereocenters. The van der Waals surface area contributed by atoms with Crippen molar-refractivity contribution in [2.45, 2.75) is 5.92 Å². The molecule has 0 amide bonds. The van der Waals surface area contributed by atoms with Crippen LogP contribution < -0.4 is 19.9 Å². The normalized spacial score (nSPS) is 15.6. The molecule has 0 spiro atoms. The highest BCUT2D eigenvalue weighted by Crippen LogP contribution is 2.48. The number of benzene rings is 3. The van der Waals surface area contributed by atoms with Gasteiger partial charge in [-0.05, 0) is 23.8 Å². The van der Waals surface area contributed by atoms with Crippen LogP contribution in [0.2, 0.25) is 5.02 Å². The molecule has 0 aliphatic carbocycles. The van der Waals surface area contributed by atoms with Gasteiger partial charge in [0.25, 0.3) is 0 Å². The van der Waals surface area contributed by atoms with Crippen molar-refractivity contribution in [1.82, 2.24) is 0 Å². The summed E-state index contributed by atoms with van der Waals surface area (Å²) in [7, 11) is 3.14. The van der Waals surface area contributed by atoms with Gasteiger partial charge in [-0.3, -0.25) is 0 Å². The Labute approximate surface area is 167 Å². The Morgan fingerprint density at radius 2 is 1.75 bits per heavy atom. The Balaban J connectivity index is 2.01. The Morgan fingerprint density at radius 3 is 2.43 bits per heavy atom. The minimum absolute atomic E-state index is 0.0854. The molecule has 3 aromatic rings. The molecular formula is C22H17ClN2O3. The van der Waals surface area contributed by atoms with E-state index in [-0.39, 0.29) is 5.88 Å². The van der Waals surface area contributed by atoms with Crippen molar-refractivity contribution in [3.05, 3.63) is 76.1 Å². The number of nitrogens with two attached hydrogens (primary N) is 1. The summed E-state index contributed by atoms with van der Waals surface area (Å²) in [5, 5.41) is 12.1. The van der Waals surface area contributed by atoms with Gasteiger partial charge in [0.2, 0.25) is 5.88 Å². The summed E-state index contributed by atoms with van der Waals surface area (Å²) in [6.07, 6.45) is 0. The minimum atomic E-state index is -0.435. The van der Waals surface area contributed by atoms with E-state index in [1.807, 2.05) is 42.5 Å². The van der Waals surface area contributed by atoms with Crippen LogP contribution >= 0.6 is 11.6 Å². The van der Waals surface area contributed by atoms with Gasteiger partial charge in [-0.25, -0.2) is 0 Å². The molecule has 5 nitrogen and oxygen atoms in total. The number of nitriles is 1. The third-order valence-corrected chi connectivity index (χ3v) is 5.22. The summed E-state index contributed by atoms with van der Waals surface area (Å²) in [5.41, 5.74) is 8.07. The molecule has 4 rings (SSSR count). The van der Waals surface area contributed by atoms with Crippen LogP contribution in [0.5, 0.6) is 17.2 Å². The zero-order valence-electron chi connectivity index (χ0n) is 15.3. The summed E-state index contributed by atoms with van der Waals surface area (Å²) in [6.45, 7) is 0. The number of nitrogens with zero attached hydrogens (tertiary/aromatic N) is 1. The van der Waals surface area contributed by atoms with Crippen LogP contribution in [0.1, 0.15) is 17.0 Å². The van der Waals surface area contributed by atoms with Gasteiger partial charge >= 0.3 is 0 Å². The van der Waals surface area contributed by atoms with Gasteiger partial charge < -0.3 is 19.9 Å². The summed E-state index contributed by atoms with van der Waals surface area (Å²) in [5.74, 6) is 1.43. The van der Waals surface area contributed by atoms with E-state index in [0.29, 0.717) is 27.8 Å². The van der Waals surface area contributed by atoms with Crippen molar-refractivity contribution in [1.29, 1.82) is 5.26 Å². The van der Waals surface area contributed by atoms with Crippen molar-refractivity contribution in [3.63, 3.8) is 0 Å². The van der Waals surface area contributed by atoms with Gasteiger partial charge in [0.1, 0.15) is 17.4 Å². The van der Waals surface area contributed by atoms with E-state index in [0.717, 1.165) is 21.9 Å². The molecule has 0 saturated carbocycles. The molecule has 28 heavy (non-hydrogen) atoms. The van der Waals surface area contributed by atoms with Crippen LogP contribution in [0.25, 0.3) is 10.8 Å². The van der Waals surface area contributed by atoms with E-state index < -0.39 is 5.92 Å². The van der Waals surface area contributed by atoms with Crippen molar-refractivity contribution >= 4 is 22.4 Å². The highest BCUT2D eigenvalue weighted by atomic mass is 35.5. The molecule has 0 bridgehead atoms. The van der Waals surface area contributed by atoms with E-state index in [9.17, 15) is 5.26 Å². The van der Waals surface area contributed by atoms with Crippen LogP contribution in [-0.4, -0.2) is 14.2 Å². The number of allylic oxidation sites excluding steroid dienone is 1. The molecule has 140 valence electrons. The molecular weight excluding hydrogens is 376 g/mol. The number of halogens is 1. The van der Waals surface area contributed by atoms with E-state index in [4.69, 9.17) is 31.5 Å². The fraction of sp³-hybridized carbons (Fsp3) is 0.136. The second-order valence-electron chi connectivity index (χ2n) is 6.36. The molecule has 0 saturated heterocycles. The topological polar surface area (TPSA) is 77.5 Å².